The van der Waals surface area contributed by atoms with E-state index in [1.54, 1.807) is 6.92 Å². The molecule has 1 fully saturated rings. The first-order valence-electron chi connectivity index (χ1n) is 4.65. The molecule has 2 aliphatic rings. The third kappa shape index (κ3) is 1.23. The van der Waals surface area contributed by atoms with Gasteiger partial charge in [-0.2, -0.15) is 0 Å². The van der Waals surface area contributed by atoms with Crippen molar-refractivity contribution in [3.05, 3.63) is 0 Å². The molecule has 1 unspecified atom stereocenters. The summed E-state index contributed by atoms with van der Waals surface area (Å²) in [6, 6.07) is 0. The monoisotopic (exact) mass is 212 g/mol. The van der Waals surface area contributed by atoms with E-state index in [-0.39, 0.29) is 5.54 Å². The van der Waals surface area contributed by atoms with Crippen molar-refractivity contribution in [1.82, 2.24) is 5.32 Å². The number of aliphatic imine (C=N–C) groups is 1. The molecule has 0 aromatic carbocycles. The third-order valence-corrected chi connectivity index (χ3v) is 3.29. The van der Waals surface area contributed by atoms with Crippen LogP contribution >= 0.6 is 12.2 Å². The van der Waals surface area contributed by atoms with Crippen molar-refractivity contribution in [2.75, 3.05) is 0 Å². The van der Waals surface area contributed by atoms with E-state index in [9.17, 15) is 4.79 Å². The summed E-state index contributed by atoms with van der Waals surface area (Å²) in [7, 11) is 0. The number of nitrogens with one attached hydrogen (secondary N) is 1. The molecule has 5 heteroatoms. The van der Waals surface area contributed by atoms with Crippen molar-refractivity contribution in [2.24, 2.45) is 10.9 Å². The van der Waals surface area contributed by atoms with Crippen LogP contribution in [0.5, 0.6) is 0 Å². The summed E-state index contributed by atoms with van der Waals surface area (Å²) >= 11 is 4.98. The second kappa shape index (κ2) is 3.02. The van der Waals surface area contributed by atoms with Gasteiger partial charge in [-0.1, -0.05) is 0 Å². The number of hydrogen-bond acceptors (Lipinski definition) is 2. The van der Waals surface area contributed by atoms with Gasteiger partial charge in [-0.25, -0.2) is 4.99 Å². The quantitative estimate of drug-likeness (QED) is 0.635. The Bertz CT molecular complexity index is 334. The smallest absolute Gasteiger partial charge is 0.314 e. The second-order valence-electron chi connectivity index (χ2n) is 3.96. The lowest BCUT2D eigenvalue weighted by atomic mass is 9.66. The zero-order chi connectivity index (χ0) is 10.3. The zero-order valence-corrected chi connectivity index (χ0v) is 8.73. The molecule has 0 radical (unpaired) electrons. The summed E-state index contributed by atoms with van der Waals surface area (Å²) in [5.41, 5.74) is 0.287. The molecular formula is C9H12N2O2S. The van der Waals surface area contributed by atoms with E-state index in [0.29, 0.717) is 10.8 Å². The maximum absolute atomic E-state index is 11.1. The van der Waals surface area contributed by atoms with Crippen LogP contribution in [0.15, 0.2) is 4.99 Å². The zero-order valence-electron chi connectivity index (χ0n) is 7.91. The van der Waals surface area contributed by atoms with Crippen molar-refractivity contribution >= 4 is 29.0 Å². The van der Waals surface area contributed by atoms with Crippen molar-refractivity contribution < 1.29 is 9.90 Å². The summed E-state index contributed by atoms with van der Waals surface area (Å²) in [6.07, 6.45) is 2.81. The van der Waals surface area contributed by atoms with Crippen LogP contribution in [0.4, 0.5) is 0 Å². The van der Waals surface area contributed by atoms with E-state index < -0.39 is 11.9 Å². The van der Waals surface area contributed by atoms with Gasteiger partial charge in [0, 0.05) is 5.71 Å². The van der Waals surface area contributed by atoms with Crippen LogP contribution in [0.25, 0.3) is 0 Å². The van der Waals surface area contributed by atoms with Gasteiger partial charge in [-0.3, -0.25) is 4.79 Å². The van der Waals surface area contributed by atoms with Gasteiger partial charge in [0.05, 0.1) is 5.54 Å². The fourth-order valence-electron chi connectivity index (χ4n) is 2.32. The molecule has 0 amide bonds. The highest BCUT2D eigenvalue weighted by molar-refractivity contribution is 7.80. The van der Waals surface area contributed by atoms with E-state index in [1.807, 2.05) is 0 Å². The Kier molecular flexibility index (Phi) is 2.06. The number of aliphatic carboxylic acids is 1. The minimum atomic E-state index is -0.805. The predicted molar refractivity (Wildman–Crippen MR) is 56.6 cm³/mol. The standard InChI is InChI=1S/C9H12N2O2S/c1-5-6(7(12)13)9(3-2-4-9)11-8(14)10-5/h6H,2-4H2,1H3,(H,11,14)(H,12,13). The first kappa shape index (κ1) is 9.58. The molecule has 0 aromatic heterocycles. The van der Waals surface area contributed by atoms with Crippen molar-refractivity contribution in [1.29, 1.82) is 0 Å². The third-order valence-electron chi connectivity index (χ3n) is 3.10. The molecule has 1 aliphatic heterocycles. The van der Waals surface area contributed by atoms with Gasteiger partial charge in [0.1, 0.15) is 5.92 Å². The van der Waals surface area contributed by atoms with Crippen LogP contribution in [0.3, 0.4) is 0 Å². The summed E-state index contributed by atoms with van der Waals surface area (Å²) in [6.45, 7) is 1.74. The van der Waals surface area contributed by atoms with Gasteiger partial charge in [-0.15, -0.1) is 0 Å². The van der Waals surface area contributed by atoms with Crippen LogP contribution in [0, 0.1) is 5.92 Å². The van der Waals surface area contributed by atoms with Crippen molar-refractivity contribution in [3.63, 3.8) is 0 Å². The fraction of sp³-hybridized carbons (Fsp3) is 0.667. The Morgan fingerprint density at radius 1 is 1.71 bits per heavy atom. The molecule has 1 atom stereocenters. The molecule has 1 saturated carbocycles. The minimum absolute atomic E-state index is 0.339. The molecule has 14 heavy (non-hydrogen) atoms. The predicted octanol–water partition coefficient (Wildman–Crippen LogP) is 0.959. The highest BCUT2D eigenvalue weighted by Gasteiger charge is 2.51. The SMILES string of the molecule is CC1=NC(=S)NC2(CCC2)C1C(=O)O. The lowest BCUT2D eigenvalue weighted by Crippen LogP contribution is -2.64. The van der Waals surface area contributed by atoms with E-state index in [4.69, 9.17) is 17.3 Å². The van der Waals surface area contributed by atoms with Crippen LogP contribution in [-0.4, -0.2) is 27.4 Å². The second-order valence-corrected chi connectivity index (χ2v) is 4.35. The molecule has 1 heterocycles. The maximum Gasteiger partial charge on any atom is 0.314 e. The molecule has 4 nitrogen and oxygen atoms in total. The Morgan fingerprint density at radius 2 is 2.36 bits per heavy atom. The van der Waals surface area contributed by atoms with Gasteiger partial charge in [0.2, 0.25) is 0 Å². The molecule has 0 saturated heterocycles. The molecule has 0 aromatic rings. The average Bonchev–Trinajstić information content (AvgIpc) is 1.98. The van der Waals surface area contributed by atoms with Gasteiger partial charge < -0.3 is 10.4 Å². The molecule has 1 aliphatic carbocycles. The Hall–Kier alpha value is -0.970. The van der Waals surface area contributed by atoms with E-state index in [1.165, 1.54) is 0 Å². The Labute approximate surface area is 87.4 Å². The van der Waals surface area contributed by atoms with Crippen LogP contribution in [0.1, 0.15) is 26.2 Å². The van der Waals surface area contributed by atoms with Gasteiger partial charge in [0.15, 0.2) is 5.11 Å². The Morgan fingerprint density at radius 3 is 2.79 bits per heavy atom. The van der Waals surface area contributed by atoms with Crippen LogP contribution in [0.2, 0.25) is 0 Å². The van der Waals surface area contributed by atoms with E-state index in [0.717, 1.165) is 19.3 Å². The van der Waals surface area contributed by atoms with Crippen molar-refractivity contribution in [3.8, 4) is 0 Å². The molecule has 2 rings (SSSR count). The molecule has 2 N–H and O–H groups in total. The number of nitrogens with zero attached hydrogens (tertiary/aromatic N) is 1. The first-order chi connectivity index (χ1) is 6.55. The largest absolute Gasteiger partial charge is 0.481 e. The molecule has 0 bridgehead atoms. The van der Waals surface area contributed by atoms with Crippen LogP contribution in [-0.2, 0) is 4.79 Å². The van der Waals surface area contributed by atoms with Crippen LogP contribution < -0.4 is 5.32 Å². The number of carboxylic acid groups (broad SMARTS) is 1. The van der Waals surface area contributed by atoms with Gasteiger partial charge in [0.25, 0.3) is 0 Å². The van der Waals surface area contributed by atoms with Gasteiger partial charge in [-0.05, 0) is 38.4 Å². The topological polar surface area (TPSA) is 61.7 Å². The van der Waals surface area contributed by atoms with Gasteiger partial charge >= 0.3 is 5.97 Å². The first-order valence-corrected chi connectivity index (χ1v) is 5.06. The Balaban J connectivity index is 2.37. The number of carbonyl (C=O) groups is 1. The minimum Gasteiger partial charge on any atom is -0.481 e. The molecule has 1 spiro atoms. The highest BCUT2D eigenvalue weighted by Crippen LogP contribution is 2.41. The summed E-state index contributed by atoms with van der Waals surface area (Å²) in [4.78, 5) is 15.1. The van der Waals surface area contributed by atoms with Crippen molar-refractivity contribution in [2.45, 2.75) is 31.7 Å². The van der Waals surface area contributed by atoms with E-state index >= 15 is 0 Å². The normalized spacial score (nSPS) is 29.1. The number of hydrogen-bond donors (Lipinski definition) is 2. The number of thiocarbonyl (C=S) groups is 1. The molecular weight excluding hydrogens is 200 g/mol. The fourth-order valence-corrected chi connectivity index (χ4v) is 2.67. The lowest BCUT2D eigenvalue weighted by Gasteiger charge is -2.48. The maximum atomic E-state index is 11.1. The summed E-state index contributed by atoms with van der Waals surface area (Å²) in [5, 5.41) is 12.6. The summed E-state index contributed by atoms with van der Waals surface area (Å²) < 4.78 is 0. The van der Waals surface area contributed by atoms with E-state index in [2.05, 4.69) is 10.3 Å². The highest BCUT2D eigenvalue weighted by atomic mass is 32.1. The molecule has 76 valence electrons. The average molecular weight is 212 g/mol. The summed E-state index contributed by atoms with van der Waals surface area (Å²) in [5.74, 6) is -1.32. The lowest BCUT2D eigenvalue weighted by molar-refractivity contribution is -0.143. The number of carboxylic acids is 1. The number of rotatable bonds is 1.